The summed E-state index contributed by atoms with van der Waals surface area (Å²) in [5, 5.41) is 5.92. The van der Waals surface area contributed by atoms with Crippen LogP contribution in [0, 0.1) is 0 Å². The van der Waals surface area contributed by atoms with Crippen molar-refractivity contribution in [1.29, 1.82) is 0 Å². The van der Waals surface area contributed by atoms with Gasteiger partial charge in [0.05, 0.1) is 0 Å². The van der Waals surface area contributed by atoms with Gasteiger partial charge in [-0.15, -0.1) is 0 Å². The van der Waals surface area contributed by atoms with Crippen LogP contribution < -0.4 is 5.32 Å². The zero-order chi connectivity index (χ0) is 22.0. The van der Waals surface area contributed by atoms with Gasteiger partial charge in [0.2, 0.25) is 0 Å². The zero-order valence-corrected chi connectivity index (χ0v) is 18.3. The van der Waals surface area contributed by atoms with E-state index in [4.69, 9.17) is 14.5 Å². The third kappa shape index (κ3) is 3.89. The van der Waals surface area contributed by atoms with E-state index in [0.717, 1.165) is 22.2 Å². The van der Waals surface area contributed by atoms with E-state index in [9.17, 15) is 0 Å². The molecule has 5 rings (SSSR count). The molecule has 1 saturated heterocycles. The molecule has 0 aromatic heterocycles. The highest BCUT2D eigenvalue weighted by Crippen LogP contribution is 2.40. The first-order chi connectivity index (χ1) is 15.6. The minimum Gasteiger partial charge on any atom is -0.357 e. The fourth-order valence-corrected chi connectivity index (χ4v) is 4.23. The van der Waals surface area contributed by atoms with Crippen molar-refractivity contribution in [2.45, 2.75) is 37.9 Å². The third-order valence-electron chi connectivity index (χ3n) is 6.24. The predicted molar refractivity (Wildman–Crippen MR) is 127 cm³/mol. The Kier molecular flexibility index (Phi) is 5.66. The van der Waals surface area contributed by atoms with Crippen molar-refractivity contribution in [3.8, 4) is 0 Å². The van der Waals surface area contributed by atoms with E-state index in [-0.39, 0.29) is 5.92 Å². The highest BCUT2D eigenvalue weighted by molar-refractivity contribution is 5.93. The lowest BCUT2D eigenvalue weighted by Gasteiger charge is -2.44. The SMILES string of the molecule is CC(c1ccccc1)C1OOC(C)(c2ccccc2)C(Nc2cccc3ccccc23)O1. The molecule has 1 aliphatic heterocycles. The van der Waals surface area contributed by atoms with Crippen molar-refractivity contribution in [2.75, 3.05) is 5.32 Å². The van der Waals surface area contributed by atoms with Gasteiger partial charge in [-0.1, -0.05) is 104 Å². The van der Waals surface area contributed by atoms with Gasteiger partial charge in [0, 0.05) is 17.0 Å². The molecular weight excluding hydrogens is 398 g/mol. The Balaban J connectivity index is 1.50. The zero-order valence-electron chi connectivity index (χ0n) is 18.3. The Hall–Kier alpha value is -3.18. The summed E-state index contributed by atoms with van der Waals surface area (Å²) in [5.74, 6) is -0.00617. The second kappa shape index (κ2) is 8.75. The van der Waals surface area contributed by atoms with E-state index < -0.39 is 18.1 Å². The summed E-state index contributed by atoms with van der Waals surface area (Å²) in [6.07, 6.45) is -1.03. The van der Waals surface area contributed by atoms with Crippen LogP contribution in [-0.4, -0.2) is 12.5 Å². The molecule has 4 heteroatoms. The molecule has 1 fully saturated rings. The van der Waals surface area contributed by atoms with Gasteiger partial charge < -0.3 is 10.1 Å². The average molecular weight is 426 g/mol. The van der Waals surface area contributed by atoms with Crippen LogP contribution >= 0.6 is 0 Å². The predicted octanol–water partition coefficient (Wildman–Crippen LogP) is 6.60. The van der Waals surface area contributed by atoms with Gasteiger partial charge in [0.25, 0.3) is 0 Å². The first kappa shape index (κ1) is 20.7. The maximum Gasteiger partial charge on any atom is 0.200 e. The van der Waals surface area contributed by atoms with Crippen molar-refractivity contribution in [2.24, 2.45) is 0 Å². The van der Waals surface area contributed by atoms with Crippen LogP contribution in [-0.2, 0) is 20.1 Å². The number of rotatable bonds is 5. The van der Waals surface area contributed by atoms with Crippen LogP contribution in [0.2, 0.25) is 0 Å². The van der Waals surface area contributed by atoms with Crippen LogP contribution in [0.1, 0.15) is 30.9 Å². The molecule has 162 valence electrons. The van der Waals surface area contributed by atoms with E-state index in [1.165, 1.54) is 5.39 Å². The molecule has 0 saturated carbocycles. The van der Waals surface area contributed by atoms with Crippen LogP contribution in [0.5, 0.6) is 0 Å². The van der Waals surface area contributed by atoms with Gasteiger partial charge in [0.15, 0.2) is 18.1 Å². The van der Waals surface area contributed by atoms with Crippen LogP contribution in [0.15, 0.2) is 103 Å². The molecule has 4 aromatic carbocycles. The molecule has 32 heavy (non-hydrogen) atoms. The molecule has 4 aromatic rings. The van der Waals surface area contributed by atoms with Crippen LogP contribution in [0.25, 0.3) is 10.8 Å². The monoisotopic (exact) mass is 425 g/mol. The van der Waals surface area contributed by atoms with Gasteiger partial charge in [-0.25, -0.2) is 9.78 Å². The molecule has 0 bridgehead atoms. The fraction of sp³-hybridized carbons (Fsp3) is 0.214. The summed E-state index contributed by atoms with van der Waals surface area (Å²) in [6, 6.07) is 34.8. The molecule has 0 radical (unpaired) electrons. The third-order valence-corrected chi connectivity index (χ3v) is 6.24. The molecule has 1 N–H and O–H groups in total. The molecule has 0 amide bonds. The average Bonchev–Trinajstić information content (AvgIpc) is 2.86. The lowest BCUT2D eigenvalue weighted by molar-refractivity contribution is -0.490. The van der Waals surface area contributed by atoms with E-state index in [0.29, 0.717) is 0 Å². The van der Waals surface area contributed by atoms with E-state index in [1.54, 1.807) is 0 Å². The highest BCUT2D eigenvalue weighted by Gasteiger charge is 2.47. The Morgan fingerprint density at radius 2 is 1.44 bits per heavy atom. The molecule has 0 spiro atoms. The quantitative estimate of drug-likeness (QED) is 0.366. The maximum absolute atomic E-state index is 6.57. The second-order valence-corrected chi connectivity index (χ2v) is 8.41. The summed E-state index contributed by atoms with van der Waals surface area (Å²) in [5.41, 5.74) is 2.26. The van der Waals surface area contributed by atoms with E-state index >= 15 is 0 Å². The highest BCUT2D eigenvalue weighted by atomic mass is 17.2. The minimum absolute atomic E-state index is 0.00617. The lowest BCUT2D eigenvalue weighted by Crippen LogP contribution is -2.53. The Bertz CT molecular complexity index is 1180. The minimum atomic E-state index is -0.842. The number of benzene rings is 4. The van der Waals surface area contributed by atoms with Gasteiger partial charge in [-0.05, 0) is 29.5 Å². The number of hydrogen-bond acceptors (Lipinski definition) is 4. The Labute approximate surface area is 188 Å². The number of anilines is 1. The van der Waals surface area contributed by atoms with Gasteiger partial charge in [-0.2, -0.15) is 0 Å². The van der Waals surface area contributed by atoms with Crippen molar-refractivity contribution >= 4 is 16.5 Å². The lowest BCUT2D eigenvalue weighted by atomic mass is 9.92. The first-order valence-electron chi connectivity index (χ1n) is 11.0. The fourth-order valence-electron chi connectivity index (χ4n) is 4.23. The van der Waals surface area contributed by atoms with Crippen molar-refractivity contribution in [1.82, 2.24) is 0 Å². The maximum atomic E-state index is 6.57. The molecule has 4 nitrogen and oxygen atoms in total. The number of ether oxygens (including phenoxy) is 1. The standard InChI is InChI=1S/C28H27NO3/c1-20(21-12-5-3-6-13-21)26-30-27(28(2,32-31-26)23-16-7-4-8-17-23)29-25-19-11-15-22-14-9-10-18-24(22)25/h3-20,26-27,29H,1-2H3. The number of fused-ring (bicyclic) bond motifs is 1. The second-order valence-electron chi connectivity index (χ2n) is 8.41. The molecule has 4 unspecified atom stereocenters. The summed E-state index contributed by atoms with van der Waals surface area (Å²) < 4.78 is 6.57. The summed E-state index contributed by atoms with van der Waals surface area (Å²) >= 11 is 0. The normalized spacial score (nSPS) is 24.2. The van der Waals surface area contributed by atoms with Crippen molar-refractivity contribution in [3.05, 3.63) is 114 Å². The number of hydrogen-bond donors (Lipinski definition) is 1. The van der Waals surface area contributed by atoms with Crippen molar-refractivity contribution in [3.63, 3.8) is 0 Å². The molecule has 1 heterocycles. The summed E-state index contributed by atoms with van der Waals surface area (Å²) in [7, 11) is 0. The van der Waals surface area contributed by atoms with Gasteiger partial charge in [0.1, 0.15) is 0 Å². The smallest absolute Gasteiger partial charge is 0.200 e. The Morgan fingerprint density at radius 1 is 0.781 bits per heavy atom. The van der Waals surface area contributed by atoms with Gasteiger partial charge in [-0.3, -0.25) is 0 Å². The van der Waals surface area contributed by atoms with Crippen LogP contribution in [0.4, 0.5) is 5.69 Å². The first-order valence-corrected chi connectivity index (χ1v) is 11.0. The van der Waals surface area contributed by atoms with E-state index in [2.05, 4.69) is 54.7 Å². The Morgan fingerprint density at radius 3 is 2.22 bits per heavy atom. The molecule has 1 aliphatic rings. The topological polar surface area (TPSA) is 39.7 Å². The van der Waals surface area contributed by atoms with Crippen molar-refractivity contribution < 1.29 is 14.5 Å². The largest absolute Gasteiger partial charge is 0.357 e. The summed E-state index contributed by atoms with van der Waals surface area (Å²) in [6.45, 7) is 4.08. The summed E-state index contributed by atoms with van der Waals surface area (Å²) in [4.78, 5) is 12.0. The molecule has 0 aliphatic carbocycles. The van der Waals surface area contributed by atoms with E-state index in [1.807, 2.05) is 67.6 Å². The number of nitrogens with one attached hydrogen (secondary N) is 1. The van der Waals surface area contributed by atoms with Gasteiger partial charge >= 0.3 is 0 Å². The molecule has 4 atom stereocenters. The molecular formula is C28H27NO3. The van der Waals surface area contributed by atoms with Crippen LogP contribution in [0.3, 0.4) is 0 Å².